The summed E-state index contributed by atoms with van der Waals surface area (Å²) in [5, 5.41) is 6.98. The number of aromatic nitrogens is 1. The Balaban J connectivity index is 0.00000256. The third-order valence-electron chi connectivity index (χ3n) is 2.37. The second kappa shape index (κ2) is 8.32. The van der Waals surface area contributed by atoms with E-state index in [0.717, 1.165) is 36.4 Å². The maximum absolute atomic E-state index is 5.67. The van der Waals surface area contributed by atoms with Crippen LogP contribution in [0.5, 0.6) is 0 Å². The normalized spacial score (nSPS) is 11.1. The second-order valence-electron chi connectivity index (χ2n) is 3.47. The fourth-order valence-electron chi connectivity index (χ4n) is 1.52. The van der Waals surface area contributed by atoms with Gasteiger partial charge in [-0.3, -0.25) is 0 Å². The van der Waals surface area contributed by atoms with Gasteiger partial charge in [0, 0.05) is 18.5 Å². The van der Waals surface area contributed by atoms with Crippen molar-refractivity contribution in [3.05, 3.63) is 17.0 Å². The Morgan fingerprint density at radius 3 is 2.59 bits per heavy atom. The molecule has 17 heavy (non-hydrogen) atoms. The Morgan fingerprint density at radius 2 is 2.06 bits per heavy atom. The summed E-state index contributed by atoms with van der Waals surface area (Å²) in [6.45, 7) is 7.39. The van der Waals surface area contributed by atoms with Crippen molar-refractivity contribution < 1.29 is 4.52 Å². The zero-order valence-electron chi connectivity index (χ0n) is 10.6. The molecule has 6 heteroatoms. The largest absolute Gasteiger partial charge is 0.370 e. The summed E-state index contributed by atoms with van der Waals surface area (Å²) in [6, 6.07) is 0. The number of rotatable bonds is 5. The molecule has 0 aromatic carbocycles. The van der Waals surface area contributed by atoms with E-state index in [1.165, 1.54) is 0 Å². The molecule has 3 N–H and O–H groups in total. The van der Waals surface area contributed by atoms with Gasteiger partial charge in [-0.1, -0.05) is 19.0 Å². The molecule has 0 aliphatic rings. The minimum atomic E-state index is 0. The van der Waals surface area contributed by atoms with Crippen LogP contribution in [0.25, 0.3) is 0 Å². The molecule has 0 bridgehead atoms. The van der Waals surface area contributed by atoms with Gasteiger partial charge < -0.3 is 15.6 Å². The smallest absolute Gasteiger partial charge is 0.188 e. The molecule has 1 heterocycles. The molecule has 0 saturated carbocycles. The first-order valence-corrected chi connectivity index (χ1v) is 5.72. The first kappa shape index (κ1) is 16.2. The molecule has 1 aromatic heterocycles. The van der Waals surface area contributed by atoms with Crippen LogP contribution in [0, 0.1) is 0 Å². The lowest BCUT2D eigenvalue weighted by atomic mass is 10.1. The molecular formula is C11H21IN4O. The summed E-state index contributed by atoms with van der Waals surface area (Å²) in [6.07, 6.45) is 1.69. The topological polar surface area (TPSA) is 76.4 Å². The highest BCUT2D eigenvalue weighted by atomic mass is 127. The van der Waals surface area contributed by atoms with Crippen LogP contribution in [0.15, 0.2) is 9.52 Å². The van der Waals surface area contributed by atoms with Gasteiger partial charge in [-0.15, -0.1) is 24.0 Å². The zero-order valence-corrected chi connectivity index (χ0v) is 12.9. The Kier molecular flexibility index (Phi) is 7.94. The van der Waals surface area contributed by atoms with Gasteiger partial charge in [-0.05, 0) is 13.3 Å². The number of nitrogens with zero attached hydrogens (tertiary/aromatic N) is 2. The van der Waals surface area contributed by atoms with Crippen molar-refractivity contribution >= 4 is 29.9 Å². The van der Waals surface area contributed by atoms with Crippen LogP contribution in [0.4, 0.5) is 0 Å². The highest BCUT2D eigenvalue weighted by Gasteiger charge is 2.12. The van der Waals surface area contributed by atoms with Crippen molar-refractivity contribution in [2.24, 2.45) is 10.7 Å². The summed E-state index contributed by atoms with van der Waals surface area (Å²) in [7, 11) is 0. The summed E-state index contributed by atoms with van der Waals surface area (Å²) < 4.78 is 5.25. The number of hydrogen-bond donors (Lipinski definition) is 2. The van der Waals surface area contributed by atoms with E-state index < -0.39 is 0 Å². The molecule has 0 aliphatic carbocycles. The standard InChI is InChI=1S/C11H20N4O.HI/c1-4-9-8(10(5-2)16-15-9)7-14-11(12)13-6-3;/h4-7H2,1-3H3,(H3,12,13,14);1H. The summed E-state index contributed by atoms with van der Waals surface area (Å²) >= 11 is 0. The number of nitrogens with two attached hydrogens (primary N) is 1. The van der Waals surface area contributed by atoms with Crippen molar-refractivity contribution in [3.8, 4) is 0 Å². The summed E-state index contributed by atoms with van der Waals surface area (Å²) in [4.78, 5) is 4.26. The average molecular weight is 352 g/mol. The van der Waals surface area contributed by atoms with E-state index in [2.05, 4.69) is 22.4 Å². The van der Waals surface area contributed by atoms with Crippen LogP contribution in [0.3, 0.4) is 0 Å². The average Bonchev–Trinajstić information content (AvgIpc) is 2.68. The van der Waals surface area contributed by atoms with Crippen molar-refractivity contribution in [1.29, 1.82) is 0 Å². The Morgan fingerprint density at radius 1 is 1.35 bits per heavy atom. The number of nitrogens with one attached hydrogen (secondary N) is 1. The van der Waals surface area contributed by atoms with E-state index in [9.17, 15) is 0 Å². The van der Waals surface area contributed by atoms with Crippen LogP contribution < -0.4 is 11.1 Å². The highest BCUT2D eigenvalue weighted by Crippen LogP contribution is 2.16. The fraction of sp³-hybridized carbons (Fsp3) is 0.636. The lowest BCUT2D eigenvalue weighted by Gasteiger charge is -2.02. The number of aliphatic imine (C=N–C) groups is 1. The van der Waals surface area contributed by atoms with Crippen molar-refractivity contribution in [3.63, 3.8) is 0 Å². The molecule has 0 spiro atoms. The molecule has 0 saturated heterocycles. The molecule has 0 fully saturated rings. The Hall–Kier alpha value is -0.790. The van der Waals surface area contributed by atoms with E-state index in [1.807, 2.05) is 13.8 Å². The highest BCUT2D eigenvalue weighted by molar-refractivity contribution is 14.0. The maximum Gasteiger partial charge on any atom is 0.188 e. The third-order valence-corrected chi connectivity index (χ3v) is 2.37. The van der Waals surface area contributed by atoms with Crippen LogP contribution in [0.2, 0.25) is 0 Å². The number of halogens is 1. The predicted octanol–water partition coefficient (Wildman–Crippen LogP) is 1.84. The lowest BCUT2D eigenvalue weighted by Crippen LogP contribution is -2.31. The van der Waals surface area contributed by atoms with Gasteiger partial charge >= 0.3 is 0 Å². The number of guanidine groups is 1. The minimum Gasteiger partial charge on any atom is -0.370 e. The van der Waals surface area contributed by atoms with Gasteiger partial charge in [-0.25, -0.2) is 4.99 Å². The van der Waals surface area contributed by atoms with Gasteiger partial charge in [0.2, 0.25) is 0 Å². The van der Waals surface area contributed by atoms with Crippen LogP contribution in [0.1, 0.15) is 37.8 Å². The van der Waals surface area contributed by atoms with E-state index in [1.54, 1.807) is 0 Å². The zero-order chi connectivity index (χ0) is 12.0. The number of aryl methyl sites for hydroxylation is 2. The first-order chi connectivity index (χ1) is 7.72. The molecular weight excluding hydrogens is 331 g/mol. The van der Waals surface area contributed by atoms with Crippen LogP contribution in [-0.2, 0) is 19.4 Å². The quantitative estimate of drug-likeness (QED) is 0.482. The molecule has 0 radical (unpaired) electrons. The Labute approximate surface area is 119 Å². The second-order valence-corrected chi connectivity index (χ2v) is 3.47. The first-order valence-electron chi connectivity index (χ1n) is 5.72. The number of hydrogen-bond acceptors (Lipinski definition) is 3. The predicted molar refractivity (Wildman–Crippen MR) is 79.7 cm³/mol. The Bertz CT molecular complexity index is 341. The van der Waals surface area contributed by atoms with Crippen molar-refractivity contribution in [2.75, 3.05) is 6.54 Å². The van der Waals surface area contributed by atoms with Crippen LogP contribution in [-0.4, -0.2) is 17.7 Å². The third kappa shape index (κ3) is 4.53. The summed E-state index contributed by atoms with van der Waals surface area (Å²) in [5.41, 5.74) is 7.72. The molecule has 1 aromatic rings. The van der Waals surface area contributed by atoms with Gasteiger partial charge in [0.25, 0.3) is 0 Å². The van der Waals surface area contributed by atoms with E-state index in [4.69, 9.17) is 10.3 Å². The van der Waals surface area contributed by atoms with Gasteiger partial charge in [0.1, 0.15) is 5.76 Å². The molecule has 0 atom stereocenters. The van der Waals surface area contributed by atoms with E-state index >= 15 is 0 Å². The van der Waals surface area contributed by atoms with Gasteiger partial charge in [-0.2, -0.15) is 0 Å². The molecule has 0 unspecified atom stereocenters. The molecule has 0 amide bonds. The van der Waals surface area contributed by atoms with E-state index in [0.29, 0.717) is 12.5 Å². The monoisotopic (exact) mass is 352 g/mol. The minimum absolute atomic E-state index is 0. The molecule has 1 rings (SSSR count). The van der Waals surface area contributed by atoms with Crippen molar-refractivity contribution in [2.45, 2.75) is 40.2 Å². The van der Waals surface area contributed by atoms with Gasteiger partial charge in [0.05, 0.1) is 12.2 Å². The van der Waals surface area contributed by atoms with Crippen LogP contribution >= 0.6 is 24.0 Å². The molecule has 0 aliphatic heterocycles. The van der Waals surface area contributed by atoms with E-state index in [-0.39, 0.29) is 24.0 Å². The lowest BCUT2D eigenvalue weighted by molar-refractivity contribution is 0.380. The molecule has 5 nitrogen and oxygen atoms in total. The SMILES string of the molecule is CCNC(N)=NCc1c(CC)noc1CC.I. The maximum atomic E-state index is 5.67. The van der Waals surface area contributed by atoms with Gasteiger partial charge in [0.15, 0.2) is 5.96 Å². The molecule has 98 valence electrons. The summed E-state index contributed by atoms with van der Waals surface area (Å²) in [5.74, 6) is 1.37. The fourth-order valence-corrected chi connectivity index (χ4v) is 1.52. The van der Waals surface area contributed by atoms with Crippen molar-refractivity contribution in [1.82, 2.24) is 10.5 Å².